The van der Waals surface area contributed by atoms with E-state index in [1.807, 2.05) is 0 Å². The second-order valence-corrected chi connectivity index (χ2v) is 8.80. The highest BCUT2D eigenvalue weighted by Crippen LogP contribution is 2.34. The van der Waals surface area contributed by atoms with Crippen LogP contribution in [-0.4, -0.2) is 36.9 Å². The molecule has 2 rings (SSSR count). The lowest BCUT2D eigenvalue weighted by molar-refractivity contribution is -0.140. The van der Waals surface area contributed by atoms with Gasteiger partial charge in [0.1, 0.15) is 0 Å². The van der Waals surface area contributed by atoms with Gasteiger partial charge in [-0.3, -0.25) is 0 Å². The van der Waals surface area contributed by atoms with Crippen molar-refractivity contribution < 1.29 is 24.2 Å². The van der Waals surface area contributed by atoms with Gasteiger partial charge in [-0.1, -0.05) is 56.7 Å². The molecular formula is C27H38O5. The van der Waals surface area contributed by atoms with Crippen molar-refractivity contribution in [2.45, 2.75) is 76.5 Å². The summed E-state index contributed by atoms with van der Waals surface area (Å²) in [5, 5.41) is 8.97. The van der Waals surface area contributed by atoms with Crippen molar-refractivity contribution in [2.75, 3.05) is 19.8 Å². The van der Waals surface area contributed by atoms with Gasteiger partial charge in [0.05, 0.1) is 25.4 Å². The Morgan fingerprint density at radius 3 is 2.06 bits per heavy atom. The Kier molecular flexibility index (Phi) is 11.2. The van der Waals surface area contributed by atoms with Crippen molar-refractivity contribution in [3.8, 4) is 0 Å². The fourth-order valence-corrected chi connectivity index (χ4v) is 4.23. The SMILES string of the molecule is C=C(C)C(=O)OCCCC(CCCOC(=O)C(=C)CO)c1ccc(C2CCCCC2)cc1. The van der Waals surface area contributed by atoms with Crippen LogP contribution in [-0.2, 0) is 19.1 Å². The Hall–Kier alpha value is -2.40. The van der Waals surface area contributed by atoms with Crippen molar-refractivity contribution in [3.05, 3.63) is 59.7 Å². The summed E-state index contributed by atoms with van der Waals surface area (Å²) in [6.07, 6.45) is 9.75. The minimum Gasteiger partial charge on any atom is -0.462 e. The number of ether oxygens (including phenoxy) is 2. The zero-order chi connectivity index (χ0) is 23.3. The van der Waals surface area contributed by atoms with Gasteiger partial charge in [-0.25, -0.2) is 9.59 Å². The first-order valence-corrected chi connectivity index (χ1v) is 11.8. The summed E-state index contributed by atoms with van der Waals surface area (Å²) >= 11 is 0. The third-order valence-electron chi connectivity index (χ3n) is 6.17. The Morgan fingerprint density at radius 2 is 1.53 bits per heavy atom. The number of hydrogen-bond acceptors (Lipinski definition) is 5. The molecule has 1 N–H and O–H groups in total. The molecule has 1 atom stereocenters. The Morgan fingerprint density at radius 1 is 0.969 bits per heavy atom. The molecular weight excluding hydrogens is 404 g/mol. The first-order chi connectivity index (χ1) is 15.4. The van der Waals surface area contributed by atoms with Crippen LogP contribution in [0.1, 0.15) is 87.7 Å². The van der Waals surface area contributed by atoms with Crippen LogP contribution < -0.4 is 0 Å². The van der Waals surface area contributed by atoms with Gasteiger partial charge in [0.2, 0.25) is 0 Å². The largest absolute Gasteiger partial charge is 0.462 e. The lowest BCUT2D eigenvalue weighted by Gasteiger charge is -2.23. The highest BCUT2D eigenvalue weighted by molar-refractivity contribution is 5.88. The van der Waals surface area contributed by atoms with E-state index in [4.69, 9.17) is 14.6 Å². The van der Waals surface area contributed by atoms with Crippen LogP contribution in [0.4, 0.5) is 0 Å². The van der Waals surface area contributed by atoms with E-state index in [-0.39, 0.29) is 11.5 Å². The average Bonchev–Trinajstić information content (AvgIpc) is 2.82. The van der Waals surface area contributed by atoms with Gasteiger partial charge in [0.15, 0.2) is 0 Å². The topological polar surface area (TPSA) is 72.8 Å². The molecule has 0 amide bonds. The molecule has 5 heteroatoms. The first-order valence-electron chi connectivity index (χ1n) is 11.8. The van der Waals surface area contributed by atoms with E-state index >= 15 is 0 Å². The van der Waals surface area contributed by atoms with Crippen LogP contribution in [0.2, 0.25) is 0 Å². The molecule has 0 radical (unpaired) electrons. The van der Waals surface area contributed by atoms with Crippen molar-refractivity contribution in [3.63, 3.8) is 0 Å². The molecule has 0 aliphatic heterocycles. The smallest absolute Gasteiger partial charge is 0.335 e. The molecule has 1 unspecified atom stereocenters. The maximum absolute atomic E-state index is 11.7. The summed E-state index contributed by atoms with van der Waals surface area (Å²) in [5.74, 6) is 0.0672. The number of carbonyl (C=O) groups excluding carboxylic acids is 2. The van der Waals surface area contributed by atoms with Gasteiger partial charge in [-0.2, -0.15) is 0 Å². The molecule has 0 spiro atoms. The third-order valence-corrected chi connectivity index (χ3v) is 6.17. The first kappa shape index (κ1) is 25.9. The van der Waals surface area contributed by atoms with Crippen LogP contribution in [0.5, 0.6) is 0 Å². The van der Waals surface area contributed by atoms with Gasteiger partial charge in [-0.05, 0) is 68.4 Å². The van der Waals surface area contributed by atoms with Crippen LogP contribution in [0, 0.1) is 0 Å². The van der Waals surface area contributed by atoms with Crippen molar-refractivity contribution in [1.29, 1.82) is 0 Å². The average molecular weight is 443 g/mol. The number of aliphatic hydroxyl groups is 1. The standard InChI is InChI=1S/C27H38O5/c1-20(2)26(29)31-17-7-11-23(12-8-18-32-27(30)21(3)19-28)25-15-13-24(14-16-25)22-9-5-4-6-10-22/h13-16,22-23,28H,1,3-12,17-19H2,2H3. The van der Waals surface area contributed by atoms with Crippen molar-refractivity contribution in [1.82, 2.24) is 0 Å². The highest BCUT2D eigenvalue weighted by Gasteiger charge is 2.17. The normalized spacial score (nSPS) is 15.1. The van der Waals surface area contributed by atoms with E-state index in [9.17, 15) is 9.59 Å². The minimum absolute atomic E-state index is 0.0687. The summed E-state index contributed by atoms with van der Waals surface area (Å²) < 4.78 is 10.4. The number of rotatable bonds is 13. The zero-order valence-electron chi connectivity index (χ0n) is 19.4. The number of esters is 2. The molecule has 1 aliphatic rings. The van der Waals surface area contributed by atoms with Gasteiger partial charge in [0.25, 0.3) is 0 Å². The quantitative estimate of drug-likeness (QED) is 0.245. The summed E-state index contributed by atoms with van der Waals surface area (Å²) in [5.41, 5.74) is 3.17. The van der Waals surface area contributed by atoms with Gasteiger partial charge >= 0.3 is 11.9 Å². The predicted molar refractivity (Wildman–Crippen MR) is 126 cm³/mol. The molecule has 1 aromatic carbocycles. The van der Waals surface area contributed by atoms with E-state index in [2.05, 4.69) is 37.4 Å². The number of hydrogen-bond donors (Lipinski definition) is 1. The molecule has 0 heterocycles. The second-order valence-electron chi connectivity index (χ2n) is 8.80. The monoisotopic (exact) mass is 442 g/mol. The van der Waals surface area contributed by atoms with Gasteiger partial charge < -0.3 is 14.6 Å². The number of benzene rings is 1. The van der Waals surface area contributed by atoms with E-state index < -0.39 is 12.6 Å². The van der Waals surface area contributed by atoms with Crippen LogP contribution >= 0.6 is 0 Å². The fraction of sp³-hybridized carbons (Fsp3) is 0.556. The molecule has 32 heavy (non-hydrogen) atoms. The molecule has 176 valence electrons. The number of aliphatic hydroxyl groups excluding tert-OH is 1. The highest BCUT2D eigenvalue weighted by atomic mass is 16.5. The van der Waals surface area contributed by atoms with Crippen LogP contribution in [0.3, 0.4) is 0 Å². The maximum Gasteiger partial charge on any atom is 0.335 e. The van der Waals surface area contributed by atoms with E-state index in [1.54, 1.807) is 6.92 Å². The molecule has 1 saturated carbocycles. The van der Waals surface area contributed by atoms with Crippen LogP contribution in [0.15, 0.2) is 48.6 Å². The van der Waals surface area contributed by atoms with E-state index in [0.29, 0.717) is 37.0 Å². The molecule has 0 aromatic heterocycles. The van der Waals surface area contributed by atoms with Gasteiger partial charge in [-0.15, -0.1) is 0 Å². The maximum atomic E-state index is 11.7. The molecule has 0 saturated heterocycles. The van der Waals surface area contributed by atoms with Crippen LogP contribution in [0.25, 0.3) is 0 Å². The summed E-state index contributed by atoms with van der Waals surface area (Å²) in [7, 11) is 0. The molecule has 1 aromatic rings. The van der Waals surface area contributed by atoms with Crippen molar-refractivity contribution in [2.24, 2.45) is 0 Å². The summed E-state index contributed by atoms with van der Waals surface area (Å²) in [6.45, 7) is 9.01. The fourth-order valence-electron chi connectivity index (χ4n) is 4.23. The summed E-state index contributed by atoms with van der Waals surface area (Å²) in [6, 6.07) is 9.00. The number of carbonyl (C=O) groups is 2. The molecule has 0 bridgehead atoms. The lowest BCUT2D eigenvalue weighted by Crippen LogP contribution is -2.12. The van der Waals surface area contributed by atoms with E-state index in [1.165, 1.54) is 43.2 Å². The summed E-state index contributed by atoms with van der Waals surface area (Å²) in [4.78, 5) is 23.3. The van der Waals surface area contributed by atoms with Crippen molar-refractivity contribution >= 4 is 11.9 Å². The Labute approximate surface area is 192 Å². The van der Waals surface area contributed by atoms with E-state index in [0.717, 1.165) is 19.3 Å². The molecule has 1 aliphatic carbocycles. The second kappa shape index (κ2) is 13.9. The predicted octanol–water partition coefficient (Wildman–Crippen LogP) is 5.59. The Bertz CT molecular complexity index is 759. The third kappa shape index (κ3) is 8.62. The zero-order valence-corrected chi connectivity index (χ0v) is 19.4. The Balaban J connectivity index is 1.92. The molecule has 1 fully saturated rings. The van der Waals surface area contributed by atoms with Gasteiger partial charge in [0, 0.05) is 5.57 Å². The molecule has 5 nitrogen and oxygen atoms in total. The lowest BCUT2D eigenvalue weighted by atomic mass is 9.82. The minimum atomic E-state index is -0.549.